The van der Waals surface area contributed by atoms with E-state index in [1.807, 2.05) is 0 Å². The third kappa shape index (κ3) is 1.61. The molecule has 1 rings (SSSR count). The number of hydrogen-bond donors (Lipinski definition) is 6. The lowest BCUT2D eigenvalue weighted by molar-refractivity contribution is -0.233. The minimum absolute atomic E-state index is 1.69. The fraction of sp³-hybridized carbons (Fsp3) is 1.00. The summed E-state index contributed by atoms with van der Waals surface area (Å²) in [6.45, 7) is 0. The highest BCUT2D eigenvalue weighted by Gasteiger charge is 2.56. The summed E-state index contributed by atoms with van der Waals surface area (Å²) in [6, 6.07) is 0. The molecule has 1 aliphatic rings. The van der Waals surface area contributed by atoms with Crippen LogP contribution in [0.3, 0.4) is 0 Å². The zero-order chi connectivity index (χ0) is 10.4. The number of alkyl halides is 1. The van der Waals surface area contributed by atoms with E-state index in [0.717, 1.165) is 0 Å². The molecule has 1 aliphatic carbocycles. The topological polar surface area (TPSA) is 121 Å². The van der Waals surface area contributed by atoms with E-state index < -0.39 is 35.0 Å². The molecule has 0 heterocycles. The zero-order valence-corrected chi connectivity index (χ0v) is 8.03. The van der Waals surface area contributed by atoms with Crippen LogP contribution in [0, 0.1) is 0 Å². The number of aliphatic hydroxyl groups is 6. The van der Waals surface area contributed by atoms with Crippen molar-refractivity contribution in [2.24, 2.45) is 0 Å². The maximum atomic E-state index is 9.36. The van der Waals surface area contributed by atoms with E-state index in [4.69, 9.17) is 15.3 Å². The third-order valence-corrected chi connectivity index (χ3v) is 3.11. The monoisotopic (exact) mass is 258 g/mol. The molecule has 7 heteroatoms. The van der Waals surface area contributed by atoms with Crippen molar-refractivity contribution < 1.29 is 30.6 Å². The Balaban J connectivity index is 2.93. The molecule has 0 bridgehead atoms. The van der Waals surface area contributed by atoms with E-state index in [1.165, 1.54) is 0 Å². The van der Waals surface area contributed by atoms with Crippen molar-refractivity contribution >= 4 is 15.9 Å². The highest BCUT2D eigenvalue weighted by Crippen LogP contribution is 2.34. The molecule has 0 spiro atoms. The van der Waals surface area contributed by atoms with Gasteiger partial charge in [0.15, 0.2) is 4.51 Å². The van der Waals surface area contributed by atoms with Crippen molar-refractivity contribution in [1.82, 2.24) is 0 Å². The minimum Gasteiger partial charge on any atom is -0.387 e. The zero-order valence-electron chi connectivity index (χ0n) is 6.45. The predicted octanol–water partition coefficient (Wildman–Crippen LogP) is -3.11. The Kier molecular flexibility index (Phi) is 2.98. The summed E-state index contributed by atoms with van der Waals surface area (Å²) < 4.78 is -2.22. The second kappa shape index (κ2) is 3.43. The largest absolute Gasteiger partial charge is 0.387 e. The van der Waals surface area contributed by atoms with Gasteiger partial charge < -0.3 is 30.6 Å². The van der Waals surface area contributed by atoms with Crippen molar-refractivity contribution in [1.29, 1.82) is 0 Å². The Labute approximate surface area is 82.2 Å². The number of rotatable bonds is 0. The van der Waals surface area contributed by atoms with Crippen molar-refractivity contribution in [3.63, 3.8) is 0 Å². The van der Waals surface area contributed by atoms with Crippen LogP contribution in [0.2, 0.25) is 0 Å². The molecule has 13 heavy (non-hydrogen) atoms. The molecule has 0 aromatic carbocycles. The Morgan fingerprint density at radius 1 is 0.769 bits per heavy atom. The Morgan fingerprint density at radius 3 is 1.38 bits per heavy atom. The molecule has 0 aromatic rings. The Morgan fingerprint density at radius 2 is 1.08 bits per heavy atom. The lowest BCUT2D eigenvalue weighted by Crippen LogP contribution is -2.68. The van der Waals surface area contributed by atoms with E-state index in [0.29, 0.717) is 0 Å². The van der Waals surface area contributed by atoms with Gasteiger partial charge in [-0.1, -0.05) is 0 Å². The van der Waals surface area contributed by atoms with Crippen LogP contribution in [0.5, 0.6) is 0 Å². The molecule has 1 fully saturated rings. The first kappa shape index (κ1) is 11.3. The molecular formula is C6H11BrO6. The van der Waals surface area contributed by atoms with Gasteiger partial charge in [0.1, 0.15) is 30.5 Å². The van der Waals surface area contributed by atoms with E-state index >= 15 is 0 Å². The van der Waals surface area contributed by atoms with Crippen molar-refractivity contribution in [2.45, 2.75) is 35.0 Å². The van der Waals surface area contributed by atoms with Crippen LogP contribution in [0.15, 0.2) is 0 Å². The second-order valence-electron chi connectivity index (χ2n) is 3.09. The van der Waals surface area contributed by atoms with Gasteiger partial charge in [-0.15, -0.1) is 0 Å². The van der Waals surface area contributed by atoms with Gasteiger partial charge in [0, 0.05) is 0 Å². The summed E-state index contributed by atoms with van der Waals surface area (Å²) in [5.41, 5.74) is 0. The summed E-state index contributed by atoms with van der Waals surface area (Å²) in [5.74, 6) is 0. The summed E-state index contributed by atoms with van der Waals surface area (Å²) in [6.07, 6.45) is -8.69. The average molecular weight is 259 g/mol. The Bertz CT molecular complexity index is 180. The van der Waals surface area contributed by atoms with Gasteiger partial charge in [-0.2, -0.15) is 0 Å². The van der Waals surface area contributed by atoms with Gasteiger partial charge in [-0.25, -0.2) is 0 Å². The highest BCUT2D eigenvalue weighted by molar-refractivity contribution is 9.10. The van der Waals surface area contributed by atoms with Crippen LogP contribution >= 0.6 is 15.9 Å². The molecule has 78 valence electrons. The fourth-order valence-electron chi connectivity index (χ4n) is 1.23. The molecular weight excluding hydrogens is 248 g/mol. The quantitative estimate of drug-likeness (QED) is 0.256. The second-order valence-corrected chi connectivity index (χ2v) is 4.36. The first-order valence-electron chi connectivity index (χ1n) is 3.61. The van der Waals surface area contributed by atoms with Crippen LogP contribution in [-0.2, 0) is 0 Å². The summed E-state index contributed by atoms with van der Waals surface area (Å²) in [5, 5.41) is 55.0. The van der Waals surface area contributed by atoms with Crippen molar-refractivity contribution in [3.8, 4) is 0 Å². The highest BCUT2D eigenvalue weighted by atomic mass is 79.9. The van der Waals surface area contributed by atoms with E-state index in [9.17, 15) is 15.3 Å². The predicted molar refractivity (Wildman–Crippen MR) is 43.9 cm³/mol. The standard InChI is InChI=1S/C6H11BrO6/c7-6(13)4(11)2(9)1(8)3(10)5(6)12/h1-5,8-13H/t1?,2-,3+,4-,5-,6?/m1/s1. The van der Waals surface area contributed by atoms with E-state index in [2.05, 4.69) is 15.9 Å². The first-order chi connectivity index (χ1) is 5.80. The molecule has 0 radical (unpaired) electrons. The summed E-state index contributed by atoms with van der Waals surface area (Å²) >= 11 is 2.56. The van der Waals surface area contributed by atoms with Gasteiger partial charge in [0.2, 0.25) is 0 Å². The normalized spacial score (nSPS) is 57.9. The summed E-state index contributed by atoms with van der Waals surface area (Å²) in [4.78, 5) is 0. The number of hydrogen-bond acceptors (Lipinski definition) is 6. The molecule has 0 aromatic heterocycles. The van der Waals surface area contributed by atoms with Crippen molar-refractivity contribution in [3.05, 3.63) is 0 Å². The molecule has 6 atom stereocenters. The molecule has 0 saturated heterocycles. The molecule has 6 nitrogen and oxygen atoms in total. The molecule has 0 amide bonds. The maximum absolute atomic E-state index is 9.36. The van der Waals surface area contributed by atoms with Crippen molar-refractivity contribution in [2.75, 3.05) is 0 Å². The number of aliphatic hydroxyl groups excluding tert-OH is 5. The SMILES string of the molecule is OC1[C@@H](O)[C@@H](O)C(O)(Br)[C@H](O)[C@H]1O. The van der Waals surface area contributed by atoms with Crippen LogP contribution in [0.25, 0.3) is 0 Å². The van der Waals surface area contributed by atoms with Crippen LogP contribution in [0.1, 0.15) is 0 Å². The number of halogens is 1. The van der Waals surface area contributed by atoms with Crippen LogP contribution < -0.4 is 0 Å². The lowest BCUT2D eigenvalue weighted by atomic mass is 9.85. The third-order valence-electron chi connectivity index (χ3n) is 2.18. The van der Waals surface area contributed by atoms with Gasteiger partial charge in [-0.05, 0) is 15.9 Å². The molecule has 2 unspecified atom stereocenters. The lowest BCUT2D eigenvalue weighted by Gasteiger charge is -2.44. The fourth-order valence-corrected chi connectivity index (χ4v) is 1.77. The van der Waals surface area contributed by atoms with Gasteiger partial charge in [0.05, 0.1) is 0 Å². The molecule has 6 N–H and O–H groups in total. The van der Waals surface area contributed by atoms with Gasteiger partial charge in [0.25, 0.3) is 0 Å². The van der Waals surface area contributed by atoms with E-state index in [-0.39, 0.29) is 0 Å². The maximum Gasteiger partial charge on any atom is 0.176 e. The Hall–Kier alpha value is 0.240. The molecule has 0 aliphatic heterocycles. The van der Waals surface area contributed by atoms with E-state index in [1.54, 1.807) is 0 Å². The van der Waals surface area contributed by atoms with Crippen LogP contribution in [0.4, 0.5) is 0 Å². The van der Waals surface area contributed by atoms with Gasteiger partial charge in [-0.3, -0.25) is 0 Å². The van der Waals surface area contributed by atoms with Crippen LogP contribution in [-0.4, -0.2) is 65.7 Å². The molecule has 1 saturated carbocycles. The minimum atomic E-state index is -2.22. The smallest absolute Gasteiger partial charge is 0.176 e. The summed E-state index contributed by atoms with van der Waals surface area (Å²) in [7, 11) is 0. The van der Waals surface area contributed by atoms with Gasteiger partial charge >= 0.3 is 0 Å². The first-order valence-corrected chi connectivity index (χ1v) is 4.41. The average Bonchev–Trinajstić information content (AvgIpc) is 2.09.